The van der Waals surface area contributed by atoms with Gasteiger partial charge >= 0.3 is 0 Å². The van der Waals surface area contributed by atoms with Crippen molar-refractivity contribution in [3.63, 3.8) is 0 Å². The first kappa shape index (κ1) is 15.0. The van der Waals surface area contributed by atoms with Crippen LogP contribution in [0.1, 0.15) is 17.3 Å². The predicted octanol–water partition coefficient (Wildman–Crippen LogP) is 2.15. The zero-order valence-electron chi connectivity index (χ0n) is 11.5. The van der Waals surface area contributed by atoms with Gasteiger partial charge < -0.3 is 5.32 Å². The third kappa shape index (κ3) is 4.58. The molecule has 0 bridgehead atoms. The molecular formula is C15H15N3O2S. The standard InChI is InChI=1S/C15H15N3O2S/c1-21(19,20)11-14(12-6-3-2-4-7-12)18-15-9-5-8-13(10-16)17-15/h2-9,14H,11H2,1H3,(H,17,18)/t14-/m0/s1. The normalized spacial score (nSPS) is 12.4. The average Bonchev–Trinajstić information content (AvgIpc) is 2.46. The molecule has 5 nitrogen and oxygen atoms in total. The fraction of sp³-hybridized carbons (Fsp3) is 0.200. The zero-order valence-corrected chi connectivity index (χ0v) is 12.3. The Kier molecular flexibility index (Phi) is 4.55. The summed E-state index contributed by atoms with van der Waals surface area (Å²) in [6.07, 6.45) is 1.20. The van der Waals surface area contributed by atoms with Crippen LogP contribution in [0.2, 0.25) is 0 Å². The Morgan fingerprint density at radius 2 is 1.90 bits per heavy atom. The van der Waals surface area contributed by atoms with E-state index < -0.39 is 15.9 Å². The highest BCUT2D eigenvalue weighted by Crippen LogP contribution is 2.20. The Hall–Kier alpha value is -2.39. The van der Waals surface area contributed by atoms with Gasteiger partial charge in [-0.05, 0) is 17.7 Å². The van der Waals surface area contributed by atoms with Gasteiger partial charge in [-0.3, -0.25) is 0 Å². The van der Waals surface area contributed by atoms with Gasteiger partial charge in [-0.25, -0.2) is 13.4 Å². The van der Waals surface area contributed by atoms with Crippen LogP contribution in [0, 0.1) is 11.3 Å². The van der Waals surface area contributed by atoms with E-state index in [9.17, 15) is 8.42 Å². The Morgan fingerprint density at radius 1 is 1.19 bits per heavy atom. The minimum absolute atomic E-state index is 0.0462. The molecule has 0 saturated heterocycles. The molecule has 0 radical (unpaired) electrons. The third-order valence-corrected chi connectivity index (χ3v) is 3.80. The number of benzene rings is 1. The second kappa shape index (κ2) is 6.37. The maximum absolute atomic E-state index is 11.6. The van der Waals surface area contributed by atoms with Crippen molar-refractivity contribution in [3.8, 4) is 6.07 Å². The molecule has 1 N–H and O–H groups in total. The molecule has 1 heterocycles. The molecule has 0 fully saturated rings. The molecule has 1 aromatic heterocycles. The molecule has 2 aromatic rings. The summed E-state index contributed by atoms with van der Waals surface area (Å²) in [5.74, 6) is 0.432. The van der Waals surface area contributed by atoms with Crippen LogP contribution in [0.5, 0.6) is 0 Å². The molecule has 0 saturated carbocycles. The summed E-state index contributed by atoms with van der Waals surface area (Å²) in [5.41, 5.74) is 1.14. The number of sulfone groups is 1. The van der Waals surface area contributed by atoms with E-state index in [2.05, 4.69) is 10.3 Å². The quantitative estimate of drug-likeness (QED) is 0.915. The van der Waals surface area contributed by atoms with Crippen molar-refractivity contribution in [1.82, 2.24) is 4.98 Å². The number of nitrogens with zero attached hydrogens (tertiary/aromatic N) is 2. The molecule has 0 aliphatic carbocycles. The second-order valence-electron chi connectivity index (χ2n) is 4.72. The fourth-order valence-electron chi connectivity index (χ4n) is 1.97. The number of hydrogen-bond donors (Lipinski definition) is 1. The lowest BCUT2D eigenvalue weighted by Gasteiger charge is -2.19. The van der Waals surface area contributed by atoms with E-state index in [0.29, 0.717) is 5.82 Å². The summed E-state index contributed by atoms with van der Waals surface area (Å²) in [4.78, 5) is 4.12. The van der Waals surface area contributed by atoms with Gasteiger partial charge in [0, 0.05) is 6.26 Å². The first-order chi connectivity index (χ1) is 9.98. The maximum atomic E-state index is 11.6. The molecule has 108 valence electrons. The summed E-state index contributed by atoms with van der Waals surface area (Å²) in [7, 11) is -3.16. The molecule has 21 heavy (non-hydrogen) atoms. The molecule has 0 aliphatic heterocycles. The van der Waals surface area contributed by atoms with Crippen molar-refractivity contribution >= 4 is 15.7 Å². The minimum atomic E-state index is -3.16. The molecule has 1 atom stereocenters. The molecule has 6 heteroatoms. The van der Waals surface area contributed by atoms with Crippen LogP contribution in [0.25, 0.3) is 0 Å². The molecule has 0 amide bonds. The highest BCUT2D eigenvalue weighted by atomic mass is 32.2. The van der Waals surface area contributed by atoms with Crippen molar-refractivity contribution in [1.29, 1.82) is 5.26 Å². The van der Waals surface area contributed by atoms with Gasteiger partial charge in [-0.1, -0.05) is 36.4 Å². The van der Waals surface area contributed by atoms with Gasteiger partial charge in [0.25, 0.3) is 0 Å². The van der Waals surface area contributed by atoms with Crippen LogP contribution < -0.4 is 5.32 Å². The van der Waals surface area contributed by atoms with Crippen LogP contribution >= 0.6 is 0 Å². The van der Waals surface area contributed by atoms with Crippen molar-refractivity contribution in [2.75, 3.05) is 17.3 Å². The largest absolute Gasteiger partial charge is 0.362 e. The number of nitriles is 1. The summed E-state index contributed by atoms with van der Waals surface area (Å²) in [6, 6.07) is 15.8. The van der Waals surface area contributed by atoms with Crippen LogP contribution in [0.3, 0.4) is 0 Å². The van der Waals surface area contributed by atoms with Gasteiger partial charge in [0.1, 0.15) is 27.4 Å². The summed E-state index contributed by atoms with van der Waals surface area (Å²) in [6.45, 7) is 0. The van der Waals surface area contributed by atoms with Crippen molar-refractivity contribution in [2.24, 2.45) is 0 Å². The molecule has 0 spiro atoms. The number of hydrogen-bond acceptors (Lipinski definition) is 5. The maximum Gasteiger partial charge on any atom is 0.149 e. The van der Waals surface area contributed by atoms with Gasteiger partial charge in [0.15, 0.2) is 0 Å². The van der Waals surface area contributed by atoms with Crippen molar-refractivity contribution in [2.45, 2.75) is 6.04 Å². The van der Waals surface area contributed by atoms with E-state index in [1.165, 1.54) is 6.26 Å². The third-order valence-electron chi connectivity index (χ3n) is 2.86. The van der Waals surface area contributed by atoms with E-state index in [-0.39, 0.29) is 11.4 Å². The van der Waals surface area contributed by atoms with E-state index in [1.807, 2.05) is 36.4 Å². The predicted molar refractivity (Wildman–Crippen MR) is 81.5 cm³/mol. The number of anilines is 1. The van der Waals surface area contributed by atoms with Gasteiger partial charge in [0.2, 0.25) is 0 Å². The van der Waals surface area contributed by atoms with Gasteiger partial charge in [0.05, 0.1) is 11.8 Å². The van der Waals surface area contributed by atoms with Gasteiger partial charge in [-0.15, -0.1) is 0 Å². The molecule has 0 unspecified atom stereocenters. The molecule has 1 aromatic carbocycles. The number of aromatic nitrogens is 1. The first-order valence-corrected chi connectivity index (χ1v) is 8.40. The smallest absolute Gasteiger partial charge is 0.149 e. The Balaban J connectivity index is 2.30. The number of pyridine rings is 1. The van der Waals surface area contributed by atoms with Gasteiger partial charge in [-0.2, -0.15) is 5.26 Å². The Labute approximate surface area is 124 Å². The summed E-state index contributed by atoms with van der Waals surface area (Å²) < 4.78 is 23.2. The van der Waals surface area contributed by atoms with Crippen LogP contribution in [0.15, 0.2) is 48.5 Å². The van der Waals surface area contributed by atoms with Crippen LogP contribution in [-0.4, -0.2) is 25.4 Å². The van der Waals surface area contributed by atoms with E-state index >= 15 is 0 Å². The van der Waals surface area contributed by atoms with Crippen molar-refractivity contribution in [3.05, 3.63) is 59.8 Å². The SMILES string of the molecule is CS(=O)(=O)C[C@H](Nc1cccc(C#N)n1)c1ccccc1. The lowest BCUT2D eigenvalue weighted by atomic mass is 10.1. The summed E-state index contributed by atoms with van der Waals surface area (Å²) >= 11 is 0. The van der Waals surface area contributed by atoms with E-state index in [4.69, 9.17) is 5.26 Å². The highest BCUT2D eigenvalue weighted by Gasteiger charge is 2.17. The second-order valence-corrected chi connectivity index (χ2v) is 6.90. The van der Waals surface area contributed by atoms with Crippen LogP contribution in [0.4, 0.5) is 5.82 Å². The summed E-state index contributed by atoms with van der Waals surface area (Å²) in [5, 5.41) is 11.9. The molecule has 2 rings (SSSR count). The molecular weight excluding hydrogens is 286 g/mol. The zero-order chi connectivity index (χ0) is 15.3. The monoisotopic (exact) mass is 301 g/mol. The minimum Gasteiger partial charge on any atom is -0.362 e. The lowest BCUT2D eigenvalue weighted by Crippen LogP contribution is -2.21. The average molecular weight is 301 g/mol. The Bertz CT molecular complexity index is 752. The molecule has 0 aliphatic rings. The lowest BCUT2D eigenvalue weighted by molar-refractivity contribution is 0.597. The number of nitrogens with one attached hydrogen (secondary N) is 1. The first-order valence-electron chi connectivity index (χ1n) is 6.34. The Morgan fingerprint density at radius 3 is 2.52 bits per heavy atom. The van der Waals surface area contributed by atoms with E-state index in [1.54, 1.807) is 18.2 Å². The van der Waals surface area contributed by atoms with Crippen LogP contribution in [-0.2, 0) is 9.84 Å². The fourth-order valence-corrected chi connectivity index (χ4v) is 2.85. The number of rotatable bonds is 5. The van der Waals surface area contributed by atoms with Crippen molar-refractivity contribution < 1.29 is 8.42 Å². The van der Waals surface area contributed by atoms with E-state index in [0.717, 1.165) is 5.56 Å². The highest BCUT2D eigenvalue weighted by molar-refractivity contribution is 7.90. The topological polar surface area (TPSA) is 82.9 Å².